The van der Waals surface area contributed by atoms with Crippen molar-refractivity contribution in [2.75, 3.05) is 13.2 Å². The number of ether oxygens (including phenoxy) is 2. The molecular weight excluding hydrogens is 767 g/mol. The van der Waals surface area contributed by atoms with E-state index < -0.39 is 75.7 Å². The van der Waals surface area contributed by atoms with Gasteiger partial charge in [-0.3, -0.25) is 18.6 Å². The number of aliphatic hydroxyl groups excluding tert-OH is 5. The zero-order chi connectivity index (χ0) is 42.9. The van der Waals surface area contributed by atoms with E-state index in [1.54, 1.807) is 0 Å². The molecule has 0 aromatic heterocycles. The van der Waals surface area contributed by atoms with Gasteiger partial charge < -0.3 is 39.9 Å². The molecule has 0 amide bonds. The van der Waals surface area contributed by atoms with E-state index in [9.17, 15) is 44.6 Å². The normalized spacial score (nSPS) is 22.6. The standard InChI is InChI=1S/C44H83O13P/c1-3-5-7-9-11-13-15-16-17-18-19-20-21-23-24-26-28-30-32-37(45)54-34-36(56-38(46)33-31-29-27-25-22-14-12-10-8-6-4-2)35-55-58(52,53)57-44-42(50)40(48)39(47)41(49)43(44)51/h10,12,36,39-44,47-51H,3-9,11,13-35H2,1-2H3,(H,52,53)/b12-10+/t36-,39?,40-,41?,42?,43?,44?/m1/s1. The number of phosphoric ester groups is 1. The van der Waals surface area contributed by atoms with E-state index in [-0.39, 0.29) is 12.8 Å². The van der Waals surface area contributed by atoms with E-state index in [1.165, 1.54) is 103 Å². The molecule has 6 N–H and O–H groups in total. The largest absolute Gasteiger partial charge is 0.472 e. The maximum atomic E-state index is 12.8. The molecular formula is C44H83O13P. The Morgan fingerprint density at radius 2 is 0.897 bits per heavy atom. The number of allylic oxidation sites excluding steroid dienone is 2. The third kappa shape index (κ3) is 27.4. The number of esters is 2. The molecule has 0 spiro atoms. The Bertz CT molecular complexity index is 1080. The molecule has 0 aliphatic heterocycles. The minimum Gasteiger partial charge on any atom is -0.462 e. The van der Waals surface area contributed by atoms with Gasteiger partial charge in [0.15, 0.2) is 6.10 Å². The number of hydrogen-bond acceptors (Lipinski definition) is 12. The van der Waals surface area contributed by atoms with Crippen molar-refractivity contribution in [2.24, 2.45) is 0 Å². The van der Waals surface area contributed by atoms with Gasteiger partial charge >= 0.3 is 19.8 Å². The van der Waals surface area contributed by atoms with Gasteiger partial charge in [0.05, 0.1) is 6.61 Å². The molecule has 342 valence electrons. The molecule has 14 heteroatoms. The lowest BCUT2D eigenvalue weighted by Crippen LogP contribution is -2.64. The van der Waals surface area contributed by atoms with Crippen LogP contribution in [0.3, 0.4) is 0 Å². The van der Waals surface area contributed by atoms with Crippen LogP contribution in [0.15, 0.2) is 12.2 Å². The highest BCUT2D eigenvalue weighted by Gasteiger charge is 2.51. The third-order valence-electron chi connectivity index (χ3n) is 10.9. The molecule has 1 aliphatic rings. The first-order chi connectivity index (χ1) is 27.9. The van der Waals surface area contributed by atoms with Crippen LogP contribution in [0, 0.1) is 0 Å². The molecule has 0 saturated heterocycles. The molecule has 1 saturated carbocycles. The lowest BCUT2D eigenvalue weighted by molar-refractivity contribution is -0.220. The number of hydrogen-bond donors (Lipinski definition) is 6. The fourth-order valence-corrected chi connectivity index (χ4v) is 8.07. The average Bonchev–Trinajstić information content (AvgIpc) is 3.20. The fourth-order valence-electron chi connectivity index (χ4n) is 7.09. The lowest BCUT2D eigenvalue weighted by atomic mass is 9.85. The predicted molar refractivity (Wildman–Crippen MR) is 226 cm³/mol. The van der Waals surface area contributed by atoms with Crippen molar-refractivity contribution in [3.8, 4) is 0 Å². The highest BCUT2D eigenvalue weighted by molar-refractivity contribution is 7.47. The summed E-state index contributed by atoms with van der Waals surface area (Å²) in [6, 6.07) is 0. The SMILES string of the molecule is CCCC/C=C/CCCCCCCC(=O)O[C@H](COC(=O)CCCCCCCCCCCCCCCCCCCC)COP(=O)(O)OC1C(O)C(O)C(O)[C@@H](O)C1O. The molecule has 58 heavy (non-hydrogen) atoms. The van der Waals surface area contributed by atoms with Crippen LogP contribution in [-0.2, 0) is 32.7 Å². The van der Waals surface area contributed by atoms with E-state index >= 15 is 0 Å². The summed E-state index contributed by atoms with van der Waals surface area (Å²) in [5.41, 5.74) is 0. The zero-order valence-electron chi connectivity index (χ0n) is 36.1. The van der Waals surface area contributed by atoms with Gasteiger partial charge in [-0.05, 0) is 32.1 Å². The number of aliphatic hydroxyl groups is 5. The first-order valence-electron chi connectivity index (χ1n) is 23.0. The van der Waals surface area contributed by atoms with Crippen LogP contribution in [-0.4, -0.2) is 98.3 Å². The van der Waals surface area contributed by atoms with Crippen LogP contribution in [0.5, 0.6) is 0 Å². The molecule has 6 unspecified atom stereocenters. The van der Waals surface area contributed by atoms with Crippen molar-refractivity contribution in [1.82, 2.24) is 0 Å². The minimum atomic E-state index is -5.11. The van der Waals surface area contributed by atoms with E-state index in [0.717, 1.165) is 57.8 Å². The maximum absolute atomic E-state index is 12.8. The molecule has 1 aliphatic carbocycles. The summed E-state index contributed by atoms with van der Waals surface area (Å²) in [5.74, 6) is -1.10. The van der Waals surface area contributed by atoms with Gasteiger partial charge in [-0.1, -0.05) is 167 Å². The molecule has 1 rings (SSSR count). The first-order valence-corrected chi connectivity index (χ1v) is 24.5. The Balaban J connectivity index is 2.41. The van der Waals surface area contributed by atoms with Crippen LogP contribution >= 0.6 is 7.82 Å². The lowest BCUT2D eigenvalue weighted by Gasteiger charge is -2.41. The number of unbranched alkanes of at least 4 members (excludes halogenated alkanes) is 24. The van der Waals surface area contributed by atoms with E-state index in [1.807, 2.05) is 0 Å². The Labute approximate surface area is 350 Å². The van der Waals surface area contributed by atoms with E-state index in [2.05, 4.69) is 26.0 Å². The summed E-state index contributed by atoms with van der Waals surface area (Å²) < 4.78 is 33.5. The highest BCUT2D eigenvalue weighted by Crippen LogP contribution is 2.47. The number of rotatable bonds is 38. The number of carbonyl (C=O) groups is 2. The summed E-state index contributed by atoms with van der Waals surface area (Å²) in [4.78, 5) is 35.6. The van der Waals surface area contributed by atoms with Crippen molar-refractivity contribution in [1.29, 1.82) is 0 Å². The second-order valence-corrected chi connectivity index (χ2v) is 17.7. The molecule has 0 radical (unpaired) electrons. The number of carbonyl (C=O) groups excluding carboxylic acids is 2. The number of phosphoric acid groups is 1. The monoisotopic (exact) mass is 851 g/mol. The van der Waals surface area contributed by atoms with Gasteiger partial charge in [-0.25, -0.2) is 4.57 Å². The Hall–Kier alpha value is -1.41. The summed E-state index contributed by atoms with van der Waals surface area (Å²) in [6.07, 6.45) is 22.8. The van der Waals surface area contributed by atoms with Crippen LogP contribution in [0.4, 0.5) is 0 Å². The summed E-state index contributed by atoms with van der Waals surface area (Å²) >= 11 is 0. The maximum Gasteiger partial charge on any atom is 0.472 e. The Kier molecular flexibility index (Phi) is 33.2. The summed E-state index contributed by atoms with van der Waals surface area (Å²) in [6.45, 7) is 3.26. The Morgan fingerprint density at radius 3 is 1.36 bits per heavy atom. The van der Waals surface area contributed by atoms with Gasteiger partial charge in [0.1, 0.15) is 43.2 Å². The second kappa shape index (κ2) is 35.2. The fraction of sp³-hybridized carbons (Fsp3) is 0.909. The topological polar surface area (TPSA) is 210 Å². The van der Waals surface area contributed by atoms with Gasteiger partial charge in [0.25, 0.3) is 0 Å². The Morgan fingerprint density at radius 1 is 0.517 bits per heavy atom. The van der Waals surface area contributed by atoms with Gasteiger partial charge in [-0.15, -0.1) is 0 Å². The smallest absolute Gasteiger partial charge is 0.462 e. The van der Waals surface area contributed by atoms with E-state index in [4.69, 9.17) is 18.5 Å². The highest BCUT2D eigenvalue weighted by atomic mass is 31.2. The molecule has 1 fully saturated rings. The van der Waals surface area contributed by atoms with Crippen LogP contribution in [0.25, 0.3) is 0 Å². The van der Waals surface area contributed by atoms with E-state index in [0.29, 0.717) is 12.8 Å². The molecule has 0 aromatic rings. The van der Waals surface area contributed by atoms with Crippen molar-refractivity contribution < 1.29 is 63.1 Å². The molecule has 13 nitrogen and oxygen atoms in total. The molecule has 0 aromatic carbocycles. The molecule has 0 heterocycles. The average molecular weight is 851 g/mol. The van der Waals surface area contributed by atoms with Gasteiger partial charge in [-0.2, -0.15) is 0 Å². The van der Waals surface area contributed by atoms with Crippen LogP contribution in [0.2, 0.25) is 0 Å². The summed E-state index contributed by atoms with van der Waals surface area (Å²) in [7, 11) is -5.11. The second-order valence-electron chi connectivity index (χ2n) is 16.3. The third-order valence-corrected chi connectivity index (χ3v) is 11.8. The van der Waals surface area contributed by atoms with Crippen molar-refractivity contribution in [3.63, 3.8) is 0 Å². The van der Waals surface area contributed by atoms with Crippen LogP contribution < -0.4 is 0 Å². The molecule has 8 atom stereocenters. The molecule has 0 bridgehead atoms. The summed E-state index contributed by atoms with van der Waals surface area (Å²) in [5, 5.41) is 50.1. The zero-order valence-corrected chi connectivity index (χ0v) is 37.0. The van der Waals surface area contributed by atoms with Gasteiger partial charge in [0.2, 0.25) is 0 Å². The quantitative estimate of drug-likeness (QED) is 0.0149. The van der Waals surface area contributed by atoms with Crippen LogP contribution in [0.1, 0.15) is 200 Å². The van der Waals surface area contributed by atoms with Crippen molar-refractivity contribution in [3.05, 3.63) is 12.2 Å². The minimum absolute atomic E-state index is 0.0898. The first kappa shape index (κ1) is 54.6. The van der Waals surface area contributed by atoms with Gasteiger partial charge in [0, 0.05) is 12.8 Å². The van der Waals surface area contributed by atoms with Crippen molar-refractivity contribution in [2.45, 2.75) is 243 Å². The predicted octanol–water partition coefficient (Wildman–Crippen LogP) is 8.67. The van der Waals surface area contributed by atoms with Crippen molar-refractivity contribution >= 4 is 19.8 Å².